The molecule has 13 nitrogen and oxygen atoms in total. The Hall–Kier alpha value is -2.92. The van der Waals surface area contributed by atoms with Crippen molar-refractivity contribution in [2.45, 2.75) is 76.6 Å². The minimum absolute atomic E-state index is 0.00775. The monoisotopic (exact) mass is 765 g/mol. The molecule has 2 saturated heterocycles. The predicted octanol–water partition coefficient (Wildman–Crippen LogP) is 6.73. The van der Waals surface area contributed by atoms with E-state index < -0.39 is 38.9 Å². The number of nitrogens with one attached hydrogen (secondary N) is 2. The summed E-state index contributed by atoms with van der Waals surface area (Å²) in [6.07, 6.45) is 2.49. The number of carbonyl (C=O) groups is 1. The molecule has 0 radical (unpaired) electrons. The summed E-state index contributed by atoms with van der Waals surface area (Å²) < 4.78 is 64.3. The van der Waals surface area contributed by atoms with Gasteiger partial charge in [-0.2, -0.15) is 8.61 Å². The zero-order valence-electron chi connectivity index (χ0n) is 29.9. The maximum atomic E-state index is 14.0. The van der Waals surface area contributed by atoms with Crippen LogP contribution in [0.4, 0.5) is 11.4 Å². The van der Waals surface area contributed by atoms with Crippen molar-refractivity contribution in [1.29, 1.82) is 0 Å². The van der Waals surface area contributed by atoms with E-state index in [9.17, 15) is 26.5 Å². The van der Waals surface area contributed by atoms with E-state index in [0.29, 0.717) is 43.4 Å². The van der Waals surface area contributed by atoms with E-state index in [4.69, 9.17) is 21.4 Å². The zero-order valence-corrected chi connectivity index (χ0v) is 32.3. The second-order valence-corrected chi connectivity index (χ2v) is 18.7. The van der Waals surface area contributed by atoms with Gasteiger partial charge in [0, 0.05) is 47.7 Å². The van der Waals surface area contributed by atoms with Gasteiger partial charge in [0.05, 0.1) is 15.5 Å². The van der Waals surface area contributed by atoms with E-state index in [1.807, 2.05) is 41.5 Å². The minimum Gasteiger partial charge on any atom is -0.435 e. The summed E-state index contributed by atoms with van der Waals surface area (Å²) in [7, 11) is -7.92. The molecular weight excluding hydrogens is 718 g/mol. The molecule has 280 valence electrons. The van der Waals surface area contributed by atoms with E-state index in [2.05, 4.69) is 15.5 Å². The number of anilines is 1. The Labute approximate surface area is 305 Å². The Morgan fingerprint density at radius 2 is 1.29 bits per heavy atom. The molecule has 0 spiro atoms. The van der Waals surface area contributed by atoms with Crippen LogP contribution >= 0.6 is 11.8 Å². The molecule has 5 rings (SSSR count). The van der Waals surface area contributed by atoms with Gasteiger partial charge in [-0.15, -0.1) is 4.91 Å². The summed E-state index contributed by atoms with van der Waals surface area (Å²) in [5.74, 6) is -0.0796. The standard InChI is InChI=1S/C35H48ClN5O8S2/c1-7-25(6)32(37-36)35(42)48-20-49-39-34-30-14-26(50(44,45)40-16-21(2)12-22(3)17-40)8-10-28(30)33(38-43)29-11-9-27(15-31(29)34)51(46,47)41-18-23(4)13-24(5)19-41/h8-11,14-15,21-25,32,37,39H,7,12-13,16-20H2,1-6H3/t21-,22+,23-,24+,25?,32?. The molecule has 2 N–H and O–H groups in total. The van der Waals surface area contributed by atoms with Gasteiger partial charge in [-0.25, -0.2) is 26.5 Å². The van der Waals surface area contributed by atoms with Gasteiger partial charge in [-0.1, -0.05) is 60.1 Å². The first-order valence-corrected chi connectivity index (χ1v) is 20.7. The van der Waals surface area contributed by atoms with Crippen LogP contribution in [-0.4, -0.2) is 70.4 Å². The highest BCUT2D eigenvalue weighted by molar-refractivity contribution is 7.89. The number of rotatable bonds is 13. The van der Waals surface area contributed by atoms with E-state index >= 15 is 0 Å². The van der Waals surface area contributed by atoms with Crippen LogP contribution < -0.4 is 10.3 Å². The fourth-order valence-corrected chi connectivity index (χ4v) is 11.2. The number of piperidine rings is 2. The van der Waals surface area contributed by atoms with Crippen LogP contribution in [0.1, 0.15) is 60.8 Å². The first-order valence-electron chi connectivity index (χ1n) is 17.4. The zero-order chi connectivity index (χ0) is 37.2. The lowest BCUT2D eigenvalue weighted by Crippen LogP contribution is -2.42. The lowest BCUT2D eigenvalue weighted by molar-refractivity contribution is -0.157. The van der Waals surface area contributed by atoms with Gasteiger partial charge in [0.2, 0.25) is 26.8 Å². The lowest BCUT2D eigenvalue weighted by atomic mass is 9.94. The molecule has 3 aromatic rings. The van der Waals surface area contributed by atoms with Crippen LogP contribution in [-0.2, 0) is 34.4 Å². The third-order valence-electron chi connectivity index (χ3n) is 10.1. The largest absolute Gasteiger partial charge is 0.435 e. The van der Waals surface area contributed by atoms with E-state index in [1.54, 1.807) is 0 Å². The third kappa shape index (κ3) is 8.19. The molecule has 0 saturated carbocycles. The highest BCUT2D eigenvalue weighted by Gasteiger charge is 2.34. The number of hydrogen-bond acceptors (Lipinski definition) is 11. The molecule has 2 aliphatic rings. The maximum Gasteiger partial charge on any atom is 0.326 e. The second kappa shape index (κ2) is 16.0. The van der Waals surface area contributed by atoms with Crippen molar-refractivity contribution in [3.8, 4) is 0 Å². The SMILES string of the molecule is CCC(C)C(NCl)C(=O)OCONc1c2cc(S(=O)(=O)N3C[C@H](C)C[C@H](C)C3)ccc2c(N=O)c2ccc(S(=O)(=O)N3C[C@H](C)C[C@H](C)C3)cc12. The van der Waals surface area contributed by atoms with Crippen molar-refractivity contribution in [2.24, 2.45) is 34.8 Å². The average molecular weight is 766 g/mol. The van der Waals surface area contributed by atoms with Gasteiger partial charge >= 0.3 is 5.97 Å². The molecule has 2 fully saturated rings. The van der Waals surface area contributed by atoms with Gasteiger partial charge in [0.1, 0.15) is 11.7 Å². The number of nitroso groups, excluding NO2 is 1. The Kier molecular flexibility index (Phi) is 12.3. The van der Waals surface area contributed by atoms with Crippen molar-refractivity contribution in [3.05, 3.63) is 41.3 Å². The molecule has 16 heteroatoms. The van der Waals surface area contributed by atoms with Crippen molar-refractivity contribution < 1.29 is 31.2 Å². The summed E-state index contributed by atoms with van der Waals surface area (Å²) in [4.78, 5) is 33.2. The van der Waals surface area contributed by atoms with Crippen molar-refractivity contribution >= 4 is 70.7 Å². The number of benzene rings is 3. The Morgan fingerprint density at radius 3 is 1.69 bits per heavy atom. The van der Waals surface area contributed by atoms with Gasteiger partial charge in [-0.3, -0.25) is 10.3 Å². The molecular formula is C35H48ClN5O8S2. The Bertz CT molecular complexity index is 1860. The molecule has 2 heterocycles. The maximum absolute atomic E-state index is 14.0. The number of hydrogen-bond donors (Lipinski definition) is 2. The third-order valence-corrected chi connectivity index (χ3v) is 14.0. The van der Waals surface area contributed by atoms with Gasteiger partial charge < -0.3 is 4.74 Å². The minimum atomic E-state index is -3.96. The highest BCUT2D eigenvalue weighted by Crippen LogP contribution is 2.44. The number of fused-ring (bicyclic) bond motifs is 2. The van der Waals surface area contributed by atoms with E-state index in [1.165, 1.54) is 45.0 Å². The average Bonchev–Trinajstić information content (AvgIpc) is 3.08. The summed E-state index contributed by atoms with van der Waals surface area (Å²) in [5, 5.41) is 4.45. The van der Waals surface area contributed by atoms with Crippen molar-refractivity contribution in [2.75, 3.05) is 38.5 Å². The van der Waals surface area contributed by atoms with Crippen LogP contribution in [0, 0.1) is 34.5 Å². The van der Waals surface area contributed by atoms with Gasteiger partial charge in [-0.05, 0) is 83.7 Å². The normalized spacial score (nSPS) is 23.6. The number of nitrogens with zero attached hydrogens (tertiary/aromatic N) is 3. The lowest BCUT2D eigenvalue weighted by Gasteiger charge is -2.34. The molecule has 0 amide bonds. The summed E-state index contributed by atoms with van der Waals surface area (Å²) in [6, 6.07) is 8.01. The Morgan fingerprint density at radius 1 is 0.843 bits per heavy atom. The van der Waals surface area contributed by atoms with Crippen LogP contribution in [0.5, 0.6) is 0 Å². The van der Waals surface area contributed by atoms with Crippen molar-refractivity contribution in [3.63, 3.8) is 0 Å². The molecule has 3 aromatic carbocycles. The highest BCUT2D eigenvalue weighted by atomic mass is 35.5. The first kappa shape index (κ1) is 39.3. The molecule has 51 heavy (non-hydrogen) atoms. The number of esters is 1. The van der Waals surface area contributed by atoms with Crippen LogP contribution in [0.25, 0.3) is 21.5 Å². The fourth-order valence-electron chi connectivity index (χ4n) is 7.49. The first-order chi connectivity index (χ1) is 24.1. The molecule has 2 aliphatic heterocycles. The number of sulfonamides is 2. The van der Waals surface area contributed by atoms with E-state index in [0.717, 1.165) is 12.8 Å². The smallest absolute Gasteiger partial charge is 0.326 e. The number of ether oxygens (including phenoxy) is 1. The van der Waals surface area contributed by atoms with Crippen LogP contribution in [0.2, 0.25) is 0 Å². The summed E-state index contributed by atoms with van der Waals surface area (Å²) in [6.45, 7) is 12.7. The molecule has 0 bridgehead atoms. The van der Waals surface area contributed by atoms with E-state index in [-0.39, 0.29) is 61.5 Å². The second-order valence-electron chi connectivity index (χ2n) is 14.6. The quantitative estimate of drug-likeness (QED) is 0.0363. The number of carbonyl (C=O) groups excluding carboxylic acids is 1. The van der Waals surface area contributed by atoms with Crippen LogP contribution in [0.15, 0.2) is 51.4 Å². The fraction of sp³-hybridized carbons (Fsp3) is 0.571. The molecule has 2 unspecified atom stereocenters. The molecule has 0 aromatic heterocycles. The topological polar surface area (TPSA) is 164 Å². The van der Waals surface area contributed by atoms with Crippen molar-refractivity contribution in [1.82, 2.24) is 13.4 Å². The summed E-state index contributed by atoms with van der Waals surface area (Å²) >= 11 is 5.80. The van der Waals surface area contributed by atoms with Crippen LogP contribution in [0.3, 0.4) is 0 Å². The van der Waals surface area contributed by atoms with Gasteiger partial charge in [0.15, 0.2) is 0 Å². The summed E-state index contributed by atoms with van der Waals surface area (Å²) in [5.41, 5.74) is 2.97. The van der Waals surface area contributed by atoms with Gasteiger partial charge in [0.25, 0.3) is 0 Å². The molecule has 0 aliphatic carbocycles. The predicted molar refractivity (Wildman–Crippen MR) is 198 cm³/mol. The number of halogens is 1. The molecule has 6 atom stereocenters. The Balaban J connectivity index is 1.63.